The molecule has 10 heteroatoms. The number of nitrogens with zero attached hydrogens (tertiary/aromatic N) is 3. The van der Waals surface area contributed by atoms with Crippen molar-refractivity contribution in [2.75, 3.05) is 0 Å². The minimum Gasteiger partial charge on any atom is -0.336 e. The van der Waals surface area contributed by atoms with Crippen molar-refractivity contribution in [1.29, 1.82) is 0 Å². The molecule has 0 aliphatic carbocycles. The molecule has 0 atom stereocenters. The molecular weight excluding hydrogens is 471 g/mol. The van der Waals surface area contributed by atoms with Gasteiger partial charge in [-0.1, -0.05) is 62.2 Å². The van der Waals surface area contributed by atoms with Crippen molar-refractivity contribution >= 4 is 63.8 Å². The van der Waals surface area contributed by atoms with Crippen LogP contribution in [0.15, 0.2) is 36.4 Å². The Morgan fingerprint density at radius 1 is 1.03 bits per heavy atom. The molecule has 0 aliphatic heterocycles. The number of fused-ring (bicyclic) bond motifs is 1. The van der Waals surface area contributed by atoms with E-state index in [-0.39, 0.29) is 51.8 Å². The number of alkyl halides is 3. The molecule has 0 fully saturated rings. The van der Waals surface area contributed by atoms with Gasteiger partial charge in [0.2, 0.25) is 0 Å². The van der Waals surface area contributed by atoms with Crippen LogP contribution in [0.5, 0.6) is 0 Å². The van der Waals surface area contributed by atoms with E-state index in [4.69, 9.17) is 23.2 Å². The molecule has 4 nitrogen and oxygen atoms in total. The van der Waals surface area contributed by atoms with Gasteiger partial charge in [0, 0.05) is 52.6 Å². The largest absolute Gasteiger partial charge is 0.418 e. The van der Waals surface area contributed by atoms with Crippen LogP contribution < -0.4 is 0 Å². The molecule has 4 rings (SSSR count). The van der Waals surface area contributed by atoms with Gasteiger partial charge < -0.3 is 4.98 Å². The van der Waals surface area contributed by atoms with Crippen LogP contribution in [0.2, 0.25) is 10.0 Å². The number of H-pyrrole nitrogens is 1. The van der Waals surface area contributed by atoms with Crippen molar-refractivity contribution in [3.8, 4) is 22.6 Å². The van der Waals surface area contributed by atoms with Crippen LogP contribution >= 0.6 is 23.2 Å². The zero-order valence-corrected chi connectivity index (χ0v) is 21.7. The summed E-state index contributed by atoms with van der Waals surface area (Å²) in [4.78, 5) is 7.26. The van der Waals surface area contributed by atoms with E-state index in [1.54, 1.807) is 37.4 Å². The maximum atomic E-state index is 13.9. The zero-order chi connectivity index (χ0) is 22.7. The van der Waals surface area contributed by atoms with E-state index in [2.05, 4.69) is 15.1 Å². The fraction of sp³-hybridized carbons (Fsp3) is 0.273. The number of rotatable bonds is 2. The maximum absolute atomic E-state index is 13.9. The average molecular weight is 490 g/mol. The molecule has 0 amide bonds. The van der Waals surface area contributed by atoms with Gasteiger partial charge in [-0.3, -0.25) is 4.68 Å². The third-order valence-electron chi connectivity index (χ3n) is 5.01. The molecule has 1 N–H and O–H groups in total. The first-order valence-corrected chi connectivity index (χ1v) is 10.2. The van der Waals surface area contributed by atoms with Crippen LogP contribution in [-0.2, 0) is 18.6 Å². The molecule has 4 aromatic rings. The predicted octanol–water partition coefficient (Wildman–Crippen LogP) is 6.87. The van der Waals surface area contributed by atoms with Crippen LogP contribution in [0.25, 0.3) is 33.7 Å². The molecule has 0 unspecified atom stereocenters. The molecule has 32 heavy (non-hydrogen) atoms. The van der Waals surface area contributed by atoms with E-state index >= 15 is 0 Å². The molecule has 1 radical (unpaired) electrons. The Hall–Kier alpha value is -1.51. The summed E-state index contributed by atoms with van der Waals surface area (Å²) < 4.78 is 43.3. The van der Waals surface area contributed by atoms with Crippen molar-refractivity contribution in [3.05, 3.63) is 57.7 Å². The number of hydrogen-bond acceptors (Lipinski definition) is 2. The number of halogens is 5. The maximum Gasteiger partial charge on any atom is 0.418 e. The Morgan fingerprint density at radius 3 is 2.25 bits per heavy atom. The number of aromatic amines is 1. The van der Waals surface area contributed by atoms with Gasteiger partial charge in [-0.2, -0.15) is 18.3 Å². The van der Waals surface area contributed by atoms with Crippen LogP contribution in [-0.4, -0.2) is 49.3 Å². The van der Waals surface area contributed by atoms with E-state index in [1.807, 2.05) is 20.8 Å². The van der Waals surface area contributed by atoms with Crippen LogP contribution in [0.1, 0.15) is 32.0 Å². The second-order valence-corrected chi connectivity index (χ2v) is 9.15. The monoisotopic (exact) mass is 489 g/mol. The molecule has 2 aromatic heterocycles. The molecule has 0 saturated carbocycles. The minimum absolute atomic E-state index is 0. The summed E-state index contributed by atoms with van der Waals surface area (Å²) in [5.74, 6) is 0.215. The van der Waals surface area contributed by atoms with Crippen LogP contribution in [0, 0.1) is 0 Å². The minimum atomic E-state index is -4.59. The summed E-state index contributed by atoms with van der Waals surface area (Å²) >= 11 is 12.8. The second-order valence-electron chi connectivity index (χ2n) is 8.37. The molecule has 2 aromatic carbocycles. The molecule has 163 valence electrons. The van der Waals surface area contributed by atoms with Gasteiger partial charge in [0.25, 0.3) is 0 Å². The van der Waals surface area contributed by atoms with Gasteiger partial charge >= 0.3 is 6.18 Å². The quantitative estimate of drug-likeness (QED) is 0.312. The third kappa shape index (κ3) is 4.46. The number of nitrogens with one attached hydrogen (secondary N) is 1. The van der Waals surface area contributed by atoms with Crippen LogP contribution in [0.4, 0.5) is 13.2 Å². The van der Waals surface area contributed by atoms with Crippen molar-refractivity contribution in [2.24, 2.45) is 7.05 Å². The summed E-state index contributed by atoms with van der Waals surface area (Å²) in [6.45, 7) is 5.88. The van der Waals surface area contributed by atoms with E-state index in [0.29, 0.717) is 32.6 Å². The van der Waals surface area contributed by atoms with E-state index < -0.39 is 11.7 Å². The van der Waals surface area contributed by atoms with Crippen molar-refractivity contribution in [3.63, 3.8) is 0 Å². The summed E-state index contributed by atoms with van der Waals surface area (Å²) in [6.07, 6.45) is -4.59. The summed E-state index contributed by atoms with van der Waals surface area (Å²) in [6, 6.07) is 9.41. The van der Waals surface area contributed by atoms with E-state index in [9.17, 15) is 13.2 Å². The van der Waals surface area contributed by atoms with Crippen molar-refractivity contribution in [1.82, 2.24) is 19.7 Å². The number of imidazole rings is 1. The molecular formula is C22H19Cl2F3N4Na. The van der Waals surface area contributed by atoms with E-state index in [1.165, 1.54) is 4.68 Å². The molecule has 0 saturated heterocycles. The number of hydrogen-bond donors (Lipinski definition) is 1. The Bertz CT molecular complexity index is 1300. The fourth-order valence-corrected chi connectivity index (χ4v) is 4.31. The SMILES string of the molecule is Cn1nc(C(C)(C)C)c(Cl)c1-c1nc2cc(-c3ccccc3Cl)cc(C(F)(F)F)c2[nH]1.[Na]. The molecule has 2 heterocycles. The zero-order valence-electron chi connectivity index (χ0n) is 18.2. The Labute approximate surface area is 215 Å². The molecule has 0 spiro atoms. The Balaban J connectivity index is 0.00000289. The van der Waals surface area contributed by atoms with E-state index in [0.717, 1.165) is 6.07 Å². The fourth-order valence-electron chi connectivity index (χ4n) is 3.53. The summed E-state index contributed by atoms with van der Waals surface area (Å²) in [5, 5.41) is 5.17. The topological polar surface area (TPSA) is 46.5 Å². The number of aromatic nitrogens is 4. The van der Waals surface area contributed by atoms with Gasteiger partial charge in [0.1, 0.15) is 5.69 Å². The first kappa shape index (κ1) is 25.1. The smallest absolute Gasteiger partial charge is 0.336 e. The van der Waals surface area contributed by atoms with Gasteiger partial charge in [-0.15, -0.1) is 0 Å². The number of benzene rings is 2. The van der Waals surface area contributed by atoms with Gasteiger partial charge in [-0.25, -0.2) is 4.98 Å². The standard InChI is InChI=1S/C22H19Cl2F3N4.Na/c1-21(2,3)19-16(24)18(31(4)30-19)20-28-15-10-11(12-7-5-6-8-14(12)23)9-13(17(15)29-20)22(25,26)27;/h5-10H,1-4H3,(H,28,29);. The Kier molecular flexibility index (Phi) is 6.82. The third-order valence-corrected chi connectivity index (χ3v) is 5.70. The molecule has 0 aliphatic rings. The Morgan fingerprint density at radius 2 is 1.69 bits per heavy atom. The van der Waals surface area contributed by atoms with Gasteiger partial charge in [-0.05, 0) is 23.8 Å². The van der Waals surface area contributed by atoms with Crippen molar-refractivity contribution < 1.29 is 13.2 Å². The van der Waals surface area contributed by atoms with Gasteiger partial charge in [0.15, 0.2) is 5.82 Å². The summed E-state index contributed by atoms with van der Waals surface area (Å²) in [7, 11) is 1.68. The predicted molar refractivity (Wildman–Crippen MR) is 123 cm³/mol. The second kappa shape index (κ2) is 8.69. The number of aryl methyl sites for hydroxylation is 1. The first-order valence-electron chi connectivity index (χ1n) is 9.47. The van der Waals surface area contributed by atoms with Crippen LogP contribution in [0.3, 0.4) is 0 Å². The first-order chi connectivity index (χ1) is 14.4. The normalized spacial score (nSPS) is 12.3. The molecule has 0 bridgehead atoms. The van der Waals surface area contributed by atoms with Crippen molar-refractivity contribution in [2.45, 2.75) is 32.4 Å². The summed E-state index contributed by atoms with van der Waals surface area (Å²) in [5.41, 5.74) is 0.767. The average Bonchev–Trinajstić information content (AvgIpc) is 3.20. The van der Waals surface area contributed by atoms with Gasteiger partial charge in [0.05, 0.1) is 27.3 Å².